The second kappa shape index (κ2) is 3.45. The molecule has 0 aromatic heterocycles. The van der Waals surface area contributed by atoms with Crippen molar-refractivity contribution in [2.75, 3.05) is 0 Å². The van der Waals surface area contributed by atoms with E-state index in [9.17, 15) is 0 Å². The van der Waals surface area contributed by atoms with Crippen LogP contribution in [0.1, 0.15) is 19.3 Å². The van der Waals surface area contributed by atoms with Gasteiger partial charge in [-0.1, -0.05) is 46.4 Å². The second-order valence-corrected chi connectivity index (χ2v) is 9.29. The molecule has 6 atom stereocenters. The van der Waals surface area contributed by atoms with Crippen LogP contribution in [0.25, 0.3) is 0 Å². The molecule has 0 amide bonds. The third kappa shape index (κ3) is 1.01. The molecule has 0 aromatic carbocycles. The topological polar surface area (TPSA) is 0 Å². The van der Waals surface area contributed by atoms with Gasteiger partial charge in [0.15, 0.2) is 4.33 Å². The molecular weight excluding hydrogens is 357 g/mol. The summed E-state index contributed by atoms with van der Waals surface area (Å²) in [7, 11) is 0. The monoisotopic (exact) mass is 364 g/mol. The summed E-state index contributed by atoms with van der Waals surface area (Å²) in [6.07, 6.45) is 3.48. The van der Waals surface area contributed by atoms with Crippen LogP contribution in [0, 0.1) is 23.7 Å². The van der Waals surface area contributed by atoms with Gasteiger partial charge in [-0.25, -0.2) is 0 Å². The van der Waals surface area contributed by atoms with Crippen molar-refractivity contribution in [3.63, 3.8) is 0 Å². The van der Waals surface area contributed by atoms with Crippen molar-refractivity contribution in [3.05, 3.63) is 10.1 Å². The van der Waals surface area contributed by atoms with Crippen molar-refractivity contribution >= 4 is 69.6 Å². The molecule has 0 heterocycles. The zero-order valence-corrected chi connectivity index (χ0v) is 13.7. The number of halogens is 6. The van der Waals surface area contributed by atoms with Crippen molar-refractivity contribution < 1.29 is 0 Å². The molecule has 4 rings (SSSR count). The van der Waals surface area contributed by atoms with Crippen LogP contribution < -0.4 is 0 Å². The zero-order chi connectivity index (χ0) is 13.1. The Kier molecular flexibility index (Phi) is 2.52. The van der Waals surface area contributed by atoms with Gasteiger partial charge in [0.2, 0.25) is 0 Å². The highest BCUT2D eigenvalue weighted by atomic mass is 35.5. The van der Waals surface area contributed by atoms with Gasteiger partial charge in [0, 0.05) is 0 Å². The van der Waals surface area contributed by atoms with Gasteiger partial charge in [-0.05, 0) is 42.9 Å². The highest BCUT2D eigenvalue weighted by molar-refractivity contribution is 6.65. The minimum absolute atomic E-state index is 0.153. The summed E-state index contributed by atoms with van der Waals surface area (Å²) >= 11 is 39.4. The molecule has 0 unspecified atom stereocenters. The molecule has 100 valence electrons. The predicted molar refractivity (Wildman–Crippen MR) is 78.1 cm³/mol. The Morgan fingerprint density at radius 1 is 0.778 bits per heavy atom. The molecule has 4 aliphatic rings. The van der Waals surface area contributed by atoms with Crippen LogP contribution in [0.5, 0.6) is 0 Å². The van der Waals surface area contributed by atoms with Crippen LogP contribution in [0.15, 0.2) is 10.1 Å². The van der Waals surface area contributed by atoms with Gasteiger partial charge in [0.25, 0.3) is 0 Å². The number of alkyl halides is 4. The van der Waals surface area contributed by atoms with Crippen LogP contribution in [0.4, 0.5) is 0 Å². The molecule has 4 bridgehead atoms. The Labute approximate surface area is 136 Å². The minimum Gasteiger partial charge on any atom is -0.109 e. The lowest BCUT2D eigenvalue weighted by Crippen LogP contribution is -2.46. The Hall–Kier alpha value is 1.48. The highest BCUT2D eigenvalue weighted by Gasteiger charge is 2.85. The van der Waals surface area contributed by atoms with Crippen molar-refractivity contribution in [3.8, 4) is 0 Å². The van der Waals surface area contributed by atoms with Gasteiger partial charge >= 0.3 is 0 Å². The Morgan fingerprint density at radius 2 is 1.17 bits per heavy atom. The highest BCUT2D eigenvalue weighted by Crippen LogP contribution is 2.82. The molecule has 0 N–H and O–H groups in total. The third-order valence-electron chi connectivity index (χ3n) is 5.58. The molecule has 0 aromatic rings. The van der Waals surface area contributed by atoms with Gasteiger partial charge in [-0.2, -0.15) is 0 Å². The Morgan fingerprint density at radius 3 is 1.56 bits per heavy atom. The van der Waals surface area contributed by atoms with Gasteiger partial charge in [0.1, 0.15) is 9.75 Å². The number of hydrogen-bond acceptors (Lipinski definition) is 0. The SMILES string of the molecule is ClC1=C(Cl)[C@@]2(Cl)[C@@H]3[C@H]4CC[C@H](C4)[C@H]3[C@@]1(Cl)C2(Cl)Cl. The molecule has 3 saturated carbocycles. The number of fused-ring (bicyclic) bond motifs is 9. The van der Waals surface area contributed by atoms with Crippen molar-refractivity contribution in [2.24, 2.45) is 23.7 Å². The molecular formula is C12H10Cl6. The molecule has 6 heteroatoms. The van der Waals surface area contributed by atoms with Gasteiger partial charge in [0.05, 0.1) is 10.1 Å². The third-order valence-corrected chi connectivity index (χ3v) is 9.87. The number of allylic oxidation sites excluding steroid dienone is 2. The van der Waals surface area contributed by atoms with Crippen LogP contribution in [-0.4, -0.2) is 14.1 Å². The summed E-state index contributed by atoms with van der Waals surface area (Å²) < 4.78 is -1.33. The molecule has 3 fully saturated rings. The van der Waals surface area contributed by atoms with Crippen LogP contribution in [0.2, 0.25) is 0 Å². The largest absolute Gasteiger partial charge is 0.166 e. The summed E-state index contributed by atoms with van der Waals surface area (Å²) in [6.45, 7) is 0. The smallest absolute Gasteiger partial charge is 0.109 e. The van der Waals surface area contributed by atoms with E-state index in [4.69, 9.17) is 69.6 Å². The van der Waals surface area contributed by atoms with Crippen LogP contribution in [0.3, 0.4) is 0 Å². The quantitative estimate of drug-likeness (QED) is 0.392. The fourth-order valence-corrected chi connectivity index (χ4v) is 8.18. The van der Waals surface area contributed by atoms with Crippen molar-refractivity contribution in [1.29, 1.82) is 0 Å². The Balaban J connectivity index is 2.01. The van der Waals surface area contributed by atoms with Gasteiger partial charge in [-0.15, -0.1) is 23.2 Å². The molecule has 18 heavy (non-hydrogen) atoms. The second-order valence-electron chi connectivity index (χ2n) is 6.01. The Bertz CT molecular complexity index is 445. The lowest BCUT2D eigenvalue weighted by atomic mass is 9.73. The first kappa shape index (κ1) is 13.2. The summed E-state index contributed by atoms with van der Waals surface area (Å²) in [5, 5.41) is 0.722. The fraction of sp³-hybridized carbons (Fsp3) is 0.833. The van der Waals surface area contributed by atoms with E-state index in [0.29, 0.717) is 21.9 Å². The molecule has 0 spiro atoms. The normalized spacial score (nSPS) is 59.7. The molecule has 0 radical (unpaired) electrons. The summed E-state index contributed by atoms with van der Waals surface area (Å²) in [5.41, 5.74) is 0. The predicted octanol–water partition coefficient (Wildman–Crippen LogP) is 5.49. The number of hydrogen-bond donors (Lipinski definition) is 0. The van der Waals surface area contributed by atoms with E-state index in [-0.39, 0.29) is 11.8 Å². The molecule has 0 aliphatic heterocycles. The maximum Gasteiger partial charge on any atom is 0.166 e. The van der Waals surface area contributed by atoms with E-state index in [1.165, 1.54) is 12.8 Å². The molecule has 0 saturated heterocycles. The first-order valence-corrected chi connectivity index (χ1v) is 8.36. The lowest BCUT2D eigenvalue weighted by Gasteiger charge is -2.39. The summed E-state index contributed by atoms with van der Waals surface area (Å²) in [6, 6.07) is 0. The molecule has 0 nitrogen and oxygen atoms in total. The fourth-order valence-electron chi connectivity index (χ4n) is 5.01. The minimum atomic E-state index is -1.33. The van der Waals surface area contributed by atoms with E-state index in [2.05, 4.69) is 0 Å². The van der Waals surface area contributed by atoms with Crippen molar-refractivity contribution in [1.82, 2.24) is 0 Å². The van der Waals surface area contributed by atoms with Crippen LogP contribution in [-0.2, 0) is 0 Å². The average molecular weight is 367 g/mol. The first-order valence-electron chi connectivity index (χ1n) is 6.09. The van der Waals surface area contributed by atoms with E-state index in [1.807, 2.05) is 0 Å². The average Bonchev–Trinajstić information content (AvgIpc) is 2.97. The molecule has 4 aliphatic carbocycles. The number of rotatable bonds is 0. The van der Waals surface area contributed by atoms with E-state index >= 15 is 0 Å². The maximum absolute atomic E-state index is 6.80. The van der Waals surface area contributed by atoms with Crippen molar-refractivity contribution in [2.45, 2.75) is 33.3 Å². The summed E-state index contributed by atoms with van der Waals surface area (Å²) in [5.74, 6) is 1.35. The van der Waals surface area contributed by atoms with Gasteiger partial charge in [-0.3, -0.25) is 0 Å². The summed E-state index contributed by atoms with van der Waals surface area (Å²) in [4.78, 5) is -2.03. The van der Waals surface area contributed by atoms with E-state index < -0.39 is 14.1 Å². The van der Waals surface area contributed by atoms with Crippen LogP contribution >= 0.6 is 69.6 Å². The standard InChI is InChI=1S/C12H10Cl6/c13-8-9(14)11(16)7-5-2-1-4(3-5)6(7)10(8,15)12(11,17)18/h4-7H,1-3H2/t4-,5+,6-,7-,10+,11+/m1/s1. The van der Waals surface area contributed by atoms with E-state index in [1.54, 1.807) is 0 Å². The van der Waals surface area contributed by atoms with Gasteiger partial charge < -0.3 is 0 Å². The first-order chi connectivity index (χ1) is 8.28. The maximum atomic E-state index is 6.80. The van der Waals surface area contributed by atoms with E-state index in [0.717, 1.165) is 6.42 Å². The lowest BCUT2D eigenvalue weighted by molar-refractivity contribution is 0.219. The zero-order valence-electron chi connectivity index (χ0n) is 9.20.